The van der Waals surface area contributed by atoms with Gasteiger partial charge in [0.05, 0.1) is 31.7 Å². The number of carbonyl (C=O) groups is 2. The molecule has 1 unspecified atom stereocenters. The first-order valence-corrected chi connectivity index (χ1v) is 7.67. The molecule has 0 N–H and O–H groups in total. The zero-order valence-electron chi connectivity index (χ0n) is 12.9. The Bertz CT molecular complexity index is 654. The van der Waals surface area contributed by atoms with Gasteiger partial charge >= 0.3 is 5.97 Å². The van der Waals surface area contributed by atoms with Crippen LogP contribution >= 0.6 is 0 Å². The van der Waals surface area contributed by atoms with Crippen LogP contribution in [0.5, 0.6) is 0 Å². The lowest BCUT2D eigenvalue weighted by atomic mass is 9.82. The molecule has 0 radical (unpaired) electrons. The maximum atomic E-state index is 13.0. The quantitative estimate of drug-likeness (QED) is 0.625. The second kappa shape index (κ2) is 6.01. The molecular weight excluding hydrogens is 296 g/mol. The average Bonchev–Trinajstić information content (AvgIpc) is 3.08. The maximum absolute atomic E-state index is 13.0. The van der Waals surface area contributed by atoms with Crippen LogP contribution in [0.25, 0.3) is 0 Å². The molecule has 0 aliphatic carbocycles. The van der Waals surface area contributed by atoms with E-state index < -0.39 is 17.6 Å². The molecule has 3 rings (SSSR count). The highest BCUT2D eigenvalue weighted by Crippen LogP contribution is 2.47. The van der Waals surface area contributed by atoms with E-state index in [0.717, 1.165) is 5.56 Å². The Morgan fingerprint density at radius 1 is 1.48 bits per heavy atom. The van der Waals surface area contributed by atoms with Crippen molar-refractivity contribution >= 4 is 11.9 Å². The van der Waals surface area contributed by atoms with Crippen LogP contribution in [0.15, 0.2) is 30.3 Å². The number of fused-ring (bicyclic) bond motifs is 1. The Balaban J connectivity index is 1.93. The lowest BCUT2D eigenvalue weighted by Gasteiger charge is -2.26. The van der Waals surface area contributed by atoms with E-state index in [0.29, 0.717) is 6.61 Å². The van der Waals surface area contributed by atoms with Gasteiger partial charge < -0.3 is 14.4 Å². The molecule has 23 heavy (non-hydrogen) atoms. The Hall–Kier alpha value is -2.39. The highest BCUT2D eigenvalue weighted by atomic mass is 16.5. The van der Waals surface area contributed by atoms with Crippen LogP contribution in [0.3, 0.4) is 0 Å². The molecule has 2 aliphatic rings. The number of ether oxygens (including phenoxy) is 2. The summed E-state index contributed by atoms with van der Waals surface area (Å²) in [5.41, 5.74) is -0.536. The summed E-state index contributed by atoms with van der Waals surface area (Å²) in [6.07, 6.45) is -0.413. The fraction of sp³-hybridized carbons (Fsp3) is 0.471. The lowest BCUT2D eigenvalue weighted by Crippen LogP contribution is -2.42. The average molecular weight is 314 g/mol. The summed E-state index contributed by atoms with van der Waals surface area (Å²) in [5, 5.41) is 9.11. The molecule has 0 bridgehead atoms. The minimum absolute atomic E-state index is 0.167. The number of carbonyl (C=O) groups excluding carboxylic acids is 2. The van der Waals surface area contributed by atoms with E-state index in [2.05, 4.69) is 0 Å². The molecule has 6 heteroatoms. The second-order valence-corrected chi connectivity index (χ2v) is 5.80. The van der Waals surface area contributed by atoms with Crippen LogP contribution in [-0.4, -0.2) is 36.0 Å². The minimum atomic E-state index is -1.40. The molecule has 2 heterocycles. The summed E-state index contributed by atoms with van der Waals surface area (Å²) in [5.74, 6) is -0.971. The number of esters is 1. The number of amides is 1. The third-order valence-electron chi connectivity index (χ3n) is 4.45. The van der Waals surface area contributed by atoms with Gasteiger partial charge in [-0.1, -0.05) is 30.3 Å². The molecule has 1 aromatic carbocycles. The topological polar surface area (TPSA) is 79.6 Å². The van der Waals surface area contributed by atoms with E-state index in [9.17, 15) is 9.59 Å². The van der Waals surface area contributed by atoms with E-state index >= 15 is 0 Å². The van der Waals surface area contributed by atoms with Crippen LogP contribution in [0.2, 0.25) is 0 Å². The summed E-state index contributed by atoms with van der Waals surface area (Å²) >= 11 is 0. The van der Waals surface area contributed by atoms with E-state index in [4.69, 9.17) is 14.7 Å². The van der Waals surface area contributed by atoms with Crippen molar-refractivity contribution in [1.29, 1.82) is 5.26 Å². The van der Waals surface area contributed by atoms with Crippen molar-refractivity contribution in [3.05, 3.63) is 35.9 Å². The Morgan fingerprint density at radius 3 is 2.87 bits per heavy atom. The van der Waals surface area contributed by atoms with Gasteiger partial charge in [-0.2, -0.15) is 5.26 Å². The summed E-state index contributed by atoms with van der Waals surface area (Å²) in [6, 6.07) is 11.2. The molecule has 2 fully saturated rings. The van der Waals surface area contributed by atoms with E-state index in [-0.39, 0.29) is 31.4 Å². The second-order valence-electron chi connectivity index (χ2n) is 5.80. The molecule has 120 valence electrons. The number of rotatable bonds is 4. The number of hydrogen-bond acceptors (Lipinski definition) is 5. The zero-order chi connectivity index (χ0) is 16.4. The Kier molecular flexibility index (Phi) is 4.05. The van der Waals surface area contributed by atoms with Gasteiger partial charge in [-0.25, -0.2) is 0 Å². The number of benzene rings is 1. The van der Waals surface area contributed by atoms with Gasteiger partial charge in [0.2, 0.25) is 5.91 Å². The Labute approximate surface area is 134 Å². The molecule has 0 spiro atoms. The number of nitrogens with zero attached hydrogens (tertiary/aromatic N) is 2. The van der Waals surface area contributed by atoms with Gasteiger partial charge in [0.15, 0.2) is 11.6 Å². The lowest BCUT2D eigenvalue weighted by molar-refractivity contribution is -0.163. The summed E-state index contributed by atoms with van der Waals surface area (Å²) in [4.78, 5) is 27.0. The predicted molar refractivity (Wildman–Crippen MR) is 79.7 cm³/mol. The Morgan fingerprint density at radius 2 is 2.22 bits per heavy atom. The summed E-state index contributed by atoms with van der Waals surface area (Å²) in [7, 11) is 0. The molecule has 6 nitrogen and oxygen atoms in total. The first-order valence-electron chi connectivity index (χ1n) is 7.67. The molecule has 2 aliphatic heterocycles. The standard InChI is InChI=1S/C17H18N2O4/c1-2-22-16(21)17(8-9-18)10-13-11-23-14(19(13)15(17)20)12-6-4-3-5-7-12/h3-7,13-14H,2,8,10-11H2,1H3/t13-,14+,17?/m0/s1. The number of hydrogen-bond donors (Lipinski definition) is 0. The van der Waals surface area contributed by atoms with E-state index in [1.165, 1.54) is 0 Å². The normalized spacial score (nSPS) is 29.2. The monoisotopic (exact) mass is 314 g/mol. The third-order valence-corrected chi connectivity index (χ3v) is 4.45. The van der Waals surface area contributed by atoms with Crippen molar-refractivity contribution in [2.75, 3.05) is 13.2 Å². The molecule has 1 amide bonds. The van der Waals surface area contributed by atoms with Crippen LogP contribution in [0.1, 0.15) is 31.6 Å². The summed E-state index contributed by atoms with van der Waals surface area (Å²) < 4.78 is 10.8. The minimum Gasteiger partial charge on any atom is -0.465 e. The first-order chi connectivity index (χ1) is 11.1. The van der Waals surface area contributed by atoms with Crippen molar-refractivity contribution in [3.63, 3.8) is 0 Å². The SMILES string of the molecule is CCOC(=O)C1(CC#N)C[C@H]2CO[C@H](c3ccccc3)N2C1=O. The maximum Gasteiger partial charge on any atom is 0.322 e. The van der Waals surface area contributed by atoms with Crippen LogP contribution in [-0.2, 0) is 19.1 Å². The van der Waals surface area contributed by atoms with Crippen molar-refractivity contribution in [3.8, 4) is 6.07 Å². The van der Waals surface area contributed by atoms with Gasteiger partial charge in [-0.05, 0) is 13.3 Å². The van der Waals surface area contributed by atoms with Gasteiger partial charge in [0.1, 0.15) is 0 Å². The molecule has 3 atom stereocenters. The predicted octanol–water partition coefficient (Wildman–Crippen LogP) is 1.78. The van der Waals surface area contributed by atoms with Gasteiger partial charge in [0, 0.05) is 5.56 Å². The molecule has 0 aromatic heterocycles. The van der Waals surface area contributed by atoms with E-state index in [1.54, 1.807) is 11.8 Å². The van der Waals surface area contributed by atoms with Gasteiger partial charge in [-0.3, -0.25) is 9.59 Å². The van der Waals surface area contributed by atoms with Crippen LogP contribution < -0.4 is 0 Å². The smallest absolute Gasteiger partial charge is 0.322 e. The van der Waals surface area contributed by atoms with Crippen molar-refractivity contribution in [1.82, 2.24) is 4.90 Å². The van der Waals surface area contributed by atoms with Crippen LogP contribution in [0.4, 0.5) is 0 Å². The highest BCUT2D eigenvalue weighted by Gasteiger charge is 2.61. The molecular formula is C17H18N2O4. The summed E-state index contributed by atoms with van der Waals surface area (Å²) in [6.45, 7) is 2.23. The van der Waals surface area contributed by atoms with Crippen molar-refractivity contribution in [2.45, 2.75) is 32.0 Å². The molecule has 0 saturated carbocycles. The number of nitriles is 1. The van der Waals surface area contributed by atoms with Gasteiger partial charge in [-0.15, -0.1) is 0 Å². The van der Waals surface area contributed by atoms with Crippen molar-refractivity contribution < 1.29 is 19.1 Å². The third kappa shape index (κ3) is 2.37. The zero-order valence-corrected chi connectivity index (χ0v) is 12.9. The molecule has 1 aromatic rings. The fourth-order valence-corrected chi connectivity index (χ4v) is 3.39. The van der Waals surface area contributed by atoms with Gasteiger partial charge in [0.25, 0.3) is 0 Å². The fourth-order valence-electron chi connectivity index (χ4n) is 3.39. The first kappa shape index (κ1) is 15.5. The molecule has 2 saturated heterocycles. The van der Waals surface area contributed by atoms with E-state index in [1.807, 2.05) is 36.4 Å². The largest absolute Gasteiger partial charge is 0.465 e. The van der Waals surface area contributed by atoms with Crippen molar-refractivity contribution in [2.24, 2.45) is 5.41 Å². The highest BCUT2D eigenvalue weighted by molar-refractivity contribution is 6.05. The van der Waals surface area contributed by atoms with Crippen LogP contribution in [0, 0.1) is 16.7 Å².